The largest absolute Gasteiger partial charge is 0.352 e. The van der Waals surface area contributed by atoms with Gasteiger partial charge in [-0.05, 0) is 99.7 Å². The number of nitrogens with zero attached hydrogens (tertiary/aromatic N) is 1. The average molecular weight is 444 g/mol. The number of aldehydes is 1. The third-order valence-corrected chi connectivity index (χ3v) is 6.36. The van der Waals surface area contributed by atoms with Crippen molar-refractivity contribution >= 4 is 17.2 Å². The SMILES string of the molecule is CN(C)CCC(C=O)NCC1CC(c2c(-c3ccc(F)cc3)[nH]c3c(F)cc(F)cc23)C1. The number of H-pyrrole nitrogens is 1. The normalized spacial score (nSPS) is 19.3. The molecule has 0 bridgehead atoms. The standard InChI is InChI=1S/C25H28F3N3O/c1-31(2)8-7-20(14-32)29-13-15-9-17(10-15)23-21-11-19(27)12-22(28)25(21)30-24(23)16-3-5-18(26)6-4-16/h3-6,11-12,14-15,17,20,29-30H,7-10,13H2,1-2H3. The van der Waals surface area contributed by atoms with Crippen molar-refractivity contribution in [1.82, 2.24) is 15.2 Å². The molecule has 1 saturated carbocycles. The Morgan fingerprint density at radius 2 is 1.84 bits per heavy atom. The molecule has 3 aromatic rings. The van der Waals surface area contributed by atoms with E-state index in [1.54, 1.807) is 12.1 Å². The van der Waals surface area contributed by atoms with Crippen LogP contribution in [0.5, 0.6) is 0 Å². The van der Waals surface area contributed by atoms with Crippen molar-refractivity contribution in [3.05, 3.63) is 59.4 Å². The molecular formula is C25H28F3N3O. The average Bonchev–Trinajstić information content (AvgIpc) is 3.09. The van der Waals surface area contributed by atoms with Crippen LogP contribution < -0.4 is 5.32 Å². The highest BCUT2D eigenvalue weighted by molar-refractivity contribution is 5.92. The Morgan fingerprint density at radius 1 is 1.12 bits per heavy atom. The molecule has 1 fully saturated rings. The molecule has 2 N–H and O–H groups in total. The van der Waals surface area contributed by atoms with E-state index in [1.807, 2.05) is 19.0 Å². The molecule has 1 unspecified atom stereocenters. The first-order chi connectivity index (χ1) is 15.4. The first-order valence-corrected chi connectivity index (χ1v) is 11.0. The zero-order valence-electron chi connectivity index (χ0n) is 18.3. The molecule has 0 aliphatic heterocycles. The number of nitrogens with one attached hydrogen (secondary N) is 2. The van der Waals surface area contributed by atoms with Crippen LogP contribution >= 0.6 is 0 Å². The van der Waals surface area contributed by atoms with Crippen LogP contribution in [0.15, 0.2) is 36.4 Å². The number of hydrogen-bond donors (Lipinski definition) is 2. The number of carbonyl (C=O) groups is 1. The fourth-order valence-corrected chi connectivity index (χ4v) is 4.58. The highest BCUT2D eigenvalue weighted by Gasteiger charge is 2.34. The fraction of sp³-hybridized carbons (Fsp3) is 0.400. The van der Waals surface area contributed by atoms with Gasteiger partial charge in [-0.3, -0.25) is 0 Å². The van der Waals surface area contributed by atoms with Crippen molar-refractivity contribution in [3.63, 3.8) is 0 Å². The van der Waals surface area contributed by atoms with Gasteiger partial charge in [-0.15, -0.1) is 0 Å². The lowest BCUT2D eigenvalue weighted by Crippen LogP contribution is -2.40. The number of hydrogen-bond acceptors (Lipinski definition) is 3. The van der Waals surface area contributed by atoms with Gasteiger partial charge in [0.05, 0.1) is 17.3 Å². The van der Waals surface area contributed by atoms with E-state index in [-0.39, 0.29) is 23.3 Å². The molecule has 7 heteroatoms. The smallest absolute Gasteiger partial charge is 0.150 e. The van der Waals surface area contributed by atoms with E-state index in [0.717, 1.165) is 55.8 Å². The predicted molar refractivity (Wildman–Crippen MR) is 120 cm³/mol. The van der Waals surface area contributed by atoms with Gasteiger partial charge in [-0.1, -0.05) is 0 Å². The van der Waals surface area contributed by atoms with Gasteiger partial charge >= 0.3 is 0 Å². The molecule has 1 aromatic heterocycles. The maximum Gasteiger partial charge on any atom is 0.150 e. The van der Waals surface area contributed by atoms with Gasteiger partial charge in [-0.2, -0.15) is 0 Å². The minimum Gasteiger partial charge on any atom is -0.352 e. The van der Waals surface area contributed by atoms with Crippen LogP contribution in [0.4, 0.5) is 13.2 Å². The molecule has 4 rings (SSSR count). The molecule has 0 radical (unpaired) electrons. The van der Waals surface area contributed by atoms with Crippen molar-refractivity contribution in [2.24, 2.45) is 5.92 Å². The number of halogens is 3. The number of aromatic amines is 1. The van der Waals surface area contributed by atoms with Crippen molar-refractivity contribution in [2.75, 3.05) is 27.2 Å². The Bertz CT molecular complexity index is 1090. The Labute approximate surface area is 185 Å². The van der Waals surface area contributed by atoms with E-state index < -0.39 is 11.6 Å². The number of carbonyl (C=O) groups excluding carboxylic acids is 1. The third-order valence-electron chi connectivity index (χ3n) is 6.36. The fourth-order valence-electron chi connectivity index (χ4n) is 4.58. The van der Waals surface area contributed by atoms with E-state index in [9.17, 15) is 18.0 Å². The van der Waals surface area contributed by atoms with Crippen molar-refractivity contribution in [3.8, 4) is 11.3 Å². The Hall–Kier alpha value is -2.64. The molecule has 1 aliphatic carbocycles. The van der Waals surface area contributed by atoms with Gasteiger partial charge in [-0.25, -0.2) is 13.2 Å². The van der Waals surface area contributed by atoms with E-state index in [2.05, 4.69) is 10.3 Å². The van der Waals surface area contributed by atoms with Crippen LogP contribution in [0, 0.1) is 23.4 Å². The summed E-state index contributed by atoms with van der Waals surface area (Å²) in [5, 5.41) is 3.87. The first kappa shape index (κ1) is 22.6. The second-order valence-corrected chi connectivity index (χ2v) is 9.01. The number of rotatable bonds is 9. The molecule has 32 heavy (non-hydrogen) atoms. The summed E-state index contributed by atoms with van der Waals surface area (Å²) in [5.74, 6) is -1.09. The minimum absolute atomic E-state index is 0.133. The minimum atomic E-state index is -0.637. The van der Waals surface area contributed by atoms with Crippen LogP contribution in [-0.4, -0.2) is 49.4 Å². The van der Waals surface area contributed by atoms with Gasteiger partial charge in [0, 0.05) is 11.5 Å². The molecule has 2 aromatic carbocycles. The number of aromatic nitrogens is 1. The summed E-state index contributed by atoms with van der Waals surface area (Å²) in [6.07, 6.45) is 3.41. The van der Waals surface area contributed by atoms with Crippen LogP contribution in [0.2, 0.25) is 0 Å². The maximum absolute atomic E-state index is 14.5. The van der Waals surface area contributed by atoms with Gasteiger partial charge in [0.2, 0.25) is 0 Å². The summed E-state index contributed by atoms with van der Waals surface area (Å²) in [6, 6.07) is 8.08. The second-order valence-electron chi connectivity index (χ2n) is 9.01. The quantitative estimate of drug-likeness (QED) is 0.465. The van der Waals surface area contributed by atoms with Crippen LogP contribution in [-0.2, 0) is 4.79 Å². The van der Waals surface area contributed by atoms with Crippen LogP contribution in [0.3, 0.4) is 0 Å². The van der Waals surface area contributed by atoms with Crippen LogP contribution in [0.1, 0.15) is 30.7 Å². The van der Waals surface area contributed by atoms with Crippen molar-refractivity contribution in [2.45, 2.75) is 31.2 Å². The number of benzene rings is 2. The van der Waals surface area contributed by atoms with Crippen molar-refractivity contribution in [1.29, 1.82) is 0 Å². The molecule has 0 spiro atoms. The zero-order chi connectivity index (χ0) is 22.8. The Balaban J connectivity index is 1.53. The Morgan fingerprint density at radius 3 is 2.50 bits per heavy atom. The highest BCUT2D eigenvalue weighted by Crippen LogP contribution is 2.48. The van der Waals surface area contributed by atoms with Crippen molar-refractivity contribution < 1.29 is 18.0 Å². The van der Waals surface area contributed by atoms with E-state index in [0.29, 0.717) is 17.0 Å². The van der Waals surface area contributed by atoms with Gasteiger partial charge in [0.1, 0.15) is 23.7 Å². The maximum atomic E-state index is 14.5. The molecular weight excluding hydrogens is 415 g/mol. The lowest BCUT2D eigenvalue weighted by Gasteiger charge is -2.37. The molecule has 1 heterocycles. The second kappa shape index (κ2) is 9.46. The molecule has 4 nitrogen and oxygen atoms in total. The number of fused-ring (bicyclic) bond motifs is 1. The molecule has 1 aliphatic rings. The van der Waals surface area contributed by atoms with E-state index in [1.165, 1.54) is 18.2 Å². The summed E-state index contributed by atoms with van der Waals surface area (Å²) in [7, 11) is 3.95. The molecule has 170 valence electrons. The highest BCUT2D eigenvalue weighted by atomic mass is 19.1. The summed E-state index contributed by atoms with van der Waals surface area (Å²) in [6.45, 7) is 1.56. The lowest BCUT2D eigenvalue weighted by molar-refractivity contribution is -0.109. The summed E-state index contributed by atoms with van der Waals surface area (Å²) < 4.78 is 42.0. The predicted octanol–water partition coefficient (Wildman–Crippen LogP) is 4.85. The summed E-state index contributed by atoms with van der Waals surface area (Å²) >= 11 is 0. The molecule has 0 amide bonds. The summed E-state index contributed by atoms with van der Waals surface area (Å²) in [4.78, 5) is 16.5. The van der Waals surface area contributed by atoms with Gasteiger partial charge in [0.15, 0.2) is 0 Å². The zero-order valence-corrected chi connectivity index (χ0v) is 18.3. The first-order valence-electron chi connectivity index (χ1n) is 11.0. The van der Waals surface area contributed by atoms with Crippen LogP contribution in [0.25, 0.3) is 22.2 Å². The lowest BCUT2D eigenvalue weighted by atomic mass is 9.70. The third kappa shape index (κ3) is 4.74. The monoisotopic (exact) mass is 443 g/mol. The molecule has 0 saturated heterocycles. The van der Waals surface area contributed by atoms with E-state index in [4.69, 9.17) is 0 Å². The van der Waals surface area contributed by atoms with Gasteiger partial charge < -0.3 is 20.0 Å². The van der Waals surface area contributed by atoms with E-state index >= 15 is 0 Å². The summed E-state index contributed by atoms with van der Waals surface area (Å²) in [5.41, 5.74) is 2.59. The van der Waals surface area contributed by atoms with Gasteiger partial charge in [0.25, 0.3) is 0 Å². The topological polar surface area (TPSA) is 48.1 Å². The Kier molecular flexibility index (Phi) is 6.67. The molecule has 1 atom stereocenters.